The first-order valence-corrected chi connectivity index (χ1v) is 6.32. The molecule has 0 amide bonds. The Labute approximate surface area is 121 Å². The van der Waals surface area contributed by atoms with E-state index in [4.69, 9.17) is 19.9 Å². The highest BCUT2D eigenvalue weighted by Crippen LogP contribution is 2.35. The summed E-state index contributed by atoms with van der Waals surface area (Å²) in [6.07, 6.45) is 0. The maximum atomic E-state index is 11.8. The number of rotatable bonds is 3. The number of anilines is 3. The van der Waals surface area contributed by atoms with Crippen LogP contribution in [0.4, 0.5) is 17.1 Å². The molecule has 0 saturated carbocycles. The third-order valence-electron chi connectivity index (χ3n) is 3.10. The summed E-state index contributed by atoms with van der Waals surface area (Å²) in [5, 5.41) is 3.15. The molecule has 0 aliphatic carbocycles. The lowest BCUT2D eigenvalue weighted by molar-refractivity contribution is 0.0602. The summed E-state index contributed by atoms with van der Waals surface area (Å²) < 4.78 is 15.3. The van der Waals surface area contributed by atoms with Gasteiger partial charge in [0.15, 0.2) is 11.5 Å². The van der Waals surface area contributed by atoms with E-state index in [0.29, 0.717) is 28.4 Å². The van der Waals surface area contributed by atoms with Crippen LogP contribution in [-0.2, 0) is 4.74 Å². The van der Waals surface area contributed by atoms with Gasteiger partial charge < -0.3 is 25.3 Å². The molecule has 1 heterocycles. The third-order valence-corrected chi connectivity index (χ3v) is 3.10. The van der Waals surface area contributed by atoms with Crippen molar-refractivity contribution in [3.05, 3.63) is 42.0 Å². The first kappa shape index (κ1) is 13.1. The second-order valence-corrected chi connectivity index (χ2v) is 4.49. The molecule has 0 unspecified atom stereocenters. The minimum absolute atomic E-state index is 0.216. The van der Waals surface area contributed by atoms with Crippen LogP contribution in [0.1, 0.15) is 10.4 Å². The van der Waals surface area contributed by atoms with Gasteiger partial charge in [0.25, 0.3) is 0 Å². The van der Waals surface area contributed by atoms with Crippen LogP contribution in [0.5, 0.6) is 11.5 Å². The molecule has 0 saturated heterocycles. The topological polar surface area (TPSA) is 82.8 Å². The minimum Gasteiger partial charge on any atom is -0.465 e. The van der Waals surface area contributed by atoms with Gasteiger partial charge in [-0.25, -0.2) is 4.79 Å². The highest BCUT2D eigenvalue weighted by molar-refractivity contribution is 5.97. The number of benzene rings is 2. The molecular formula is C15H14N2O4. The van der Waals surface area contributed by atoms with Gasteiger partial charge in [-0.1, -0.05) is 0 Å². The number of methoxy groups -OCH3 is 1. The van der Waals surface area contributed by atoms with E-state index >= 15 is 0 Å². The lowest BCUT2D eigenvalue weighted by atomic mass is 10.1. The number of nitrogens with two attached hydrogens (primary N) is 1. The predicted octanol–water partition coefficient (Wildman–Crippen LogP) is 2.53. The third kappa shape index (κ3) is 2.55. The molecule has 2 aromatic rings. The molecule has 0 fully saturated rings. The van der Waals surface area contributed by atoms with Crippen molar-refractivity contribution in [1.82, 2.24) is 0 Å². The van der Waals surface area contributed by atoms with E-state index in [0.717, 1.165) is 5.69 Å². The monoisotopic (exact) mass is 286 g/mol. The molecule has 0 radical (unpaired) electrons. The van der Waals surface area contributed by atoms with E-state index in [-0.39, 0.29) is 6.79 Å². The van der Waals surface area contributed by atoms with Crippen LogP contribution in [0, 0.1) is 0 Å². The van der Waals surface area contributed by atoms with Crippen LogP contribution < -0.4 is 20.5 Å². The maximum Gasteiger partial charge on any atom is 0.340 e. The summed E-state index contributed by atoms with van der Waals surface area (Å²) in [5.74, 6) is 0.909. The summed E-state index contributed by atoms with van der Waals surface area (Å²) in [6, 6.07) is 10.5. The van der Waals surface area contributed by atoms with Gasteiger partial charge in [-0.2, -0.15) is 0 Å². The molecule has 2 aromatic carbocycles. The molecule has 0 bridgehead atoms. The van der Waals surface area contributed by atoms with Crippen molar-refractivity contribution in [2.75, 3.05) is 25.0 Å². The van der Waals surface area contributed by atoms with Crippen molar-refractivity contribution in [2.24, 2.45) is 0 Å². The van der Waals surface area contributed by atoms with Gasteiger partial charge >= 0.3 is 5.97 Å². The molecule has 6 nitrogen and oxygen atoms in total. The van der Waals surface area contributed by atoms with Crippen LogP contribution >= 0.6 is 0 Å². The van der Waals surface area contributed by atoms with Crippen molar-refractivity contribution in [2.45, 2.75) is 0 Å². The van der Waals surface area contributed by atoms with Crippen LogP contribution in [0.15, 0.2) is 36.4 Å². The van der Waals surface area contributed by atoms with Crippen LogP contribution in [0.3, 0.4) is 0 Å². The van der Waals surface area contributed by atoms with Crippen LogP contribution in [0.2, 0.25) is 0 Å². The van der Waals surface area contributed by atoms with E-state index in [1.165, 1.54) is 7.11 Å². The highest BCUT2D eigenvalue weighted by Gasteiger charge is 2.16. The minimum atomic E-state index is -0.453. The number of hydrogen-bond acceptors (Lipinski definition) is 6. The Kier molecular flexibility index (Phi) is 3.27. The standard InChI is InChI=1S/C15H14N2O4/c1-19-15(18)11-6-9(16)2-4-12(11)17-10-3-5-13-14(7-10)21-8-20-13/h2-7,17H,8,16H2,1H3. The molecule has 1 aliphatic heterocycles. The molecule has 3 rings (SSSR count). The molecule has 0 atom stereocenters. The average molecular weight is 286 g/mol. The van der Waals surface area contributed by atoms with Gasteiger partial charge in [-0.3, -0.25) is 0 Å². The zero-order valence-corrected chi connectivity index (χ0v) is 11.4. The zero-order valence-electron chi connectivity index (χ0n) is 11.4. The van der Waals surface area contributed by atoms with Gasteiger partial charge in [-0.15, -0.1) is 0 Å². The largest absolute Gasteiger partial charge is 0.465 e. The fourth-order valence-corrected chi connectivity index (χ4v) is 2.08. The SMILES string of the molecule is COC(=O)c1cc(N)ccc1Nc1ccc2c(c1)OCO2. The maximum absolute atomic E-state index is 11.8. The summed E-state index contributed by atoms with van der Waals surface area (Å²) in [4.78, 5) is 11.8. The summed E-state index contributed by atoms with van der Waals surface area (Å²) in [6.45, 7) is 0.216. The second-order valence-electron chi connectivity index (χ2n) is 4.49. The number of nitrogens with one attached hydrogen (secondary N) is 1. The molecule has 108 valence electrons. The lowest BCUT2D eigenvalue weighted by Crippen LogP contribution is -2.06. The Bertz CT molecular complexity index is 700. The molecule has 3 N–H and O–H groups in total. The molecular weight excluding hydrogens is 272 g/mol. The number of nitrogen functional groups attached to an aromatic ring is 1. The van der Waals surface area contributed by atoms with E-state index in [9.17, 15) is 4.79 Å². The van der Waals surface area contributed by atoms with Gasteiger partial charge in [0.1, 0.15) is 0 Å². The molecule has 21 heavy (non-hydrogen) atoms. The van der Waals surface area contributed by atoms with E-state index in [1.807, 2.05) is 6.07 Å². The number of fused-ring (bicyclic) bond motifs is 1. The molecule has 0 aromatic heterocycles. The smallest absolute Gasteiger partial charge is 0.340 e. The number of carbonyl (C=O) groups excluding carboxylic acids is 1. The van der Waals surface area contributed by atoms with Gasteiger partial charge in [0.05, 0.1) is 18.4 Å². The van der Waals surface area contributed by atoms with E-state index in [1.54, 1.807) is 30.3 Å². The van der Waals surface area contributed by atoms with Gasteiger partial charge in [0.2, 0.25) is 6.79 Å². The average Bonchev–Trinajstić information content (AvgIpc) is 2.96. The number of ether oxygens (including phenoxy) is 3. The number of esters is 1. The van der Waals surface area contributed by atoms with Crippen molar-refractivity contribution < 1.29 is 19.0 Å². The van der Waals surface area contributed by atoms with E-state index in [2.05, 4.69) is 5.32 Å². The zero-order chi connectivity index (χ0) is 14.8. The molecule has 0 spiro atoms. The molecule has 6 heteroatoms. The first-order valence-electron chi connectivity index (χ1n) is 6.32. The molecule has 1 aliphatic rings. The Morgan fingerprint density at radius 1 is 1.19 bits per heavy atom. The summed E-state index contributed by atoms with van der Waals surface area (Å²) in [7, 11) is 1.33. The Morgan fingerprint density at radius 3 is 2.81 bits per heavy atom. The van der Waals surface area contributed by atoms with Crippen LogP contribution in [-0.4, -0.2) is 19.9 Å². The normalized spacial score (nSPS) is 12.0. The van der Waals surface area contributed by atoms with Crippen LogP contribution in [0.25, 0.3) is 0 Å². The lowest BCUT2D eigenvalue weighted by Gasteiger charge is -2.12. The predicted molar refractivity (Wildman–Crippen MR) is 78.0 cm³/mol. The van der Waals surface area contributed by atoms with Crippen molar-refractivity contribution in [3.8, 4) is 11.5 Å². The quantitative estimate of drug-likeness (QED) is 0.666. The second kappa shape index (κ2) is 5.24. The fraction of sp³-hybridized carbons (Fsp3) is 0.133. The number of hydrogen-bond donors (Lipinski definition) is 2. The first-order chi connectivity index (χ1) is 10.2. The van der Waals surface area contributed by atoms with Gasteiger partial charge in [-0.05, 0) is 30.3 Å². The number of carbonyl (C=O) groups is 1. The Balaban J connectivity index is 1.92. The van der Waals surface area contributed by atoms with E-state index < -0.39 is 5.97 Å². The van der Waals surface area contributed by atoms with Crippen molar-refractivity contribution in [1.29, 1.82) is 0 Å². The Morgan fingerprint density at radius 2 is 2.00 bits per heavy atom. The summed E-state index contributed by atoms with van der Waals surface area (Å²) in [5.41, 5.74) is 7.96. The fourth-order valence-electron chi connectivity index (χ4n) is 2.08. The van der Waals surface area contributed by atoms with Gasteiger partial charge in [0, 0.05) is 17.4 Å². The summed E-state index contributed by atoms with van der Waals surface area (Å²) >= 11 is 0. The Hall–Kier alpha value is -2.89. The highest BCUT2D eigenvalue weighted by atomic mass is 16.7. The van der Waals surface area contributed by atoms with Crippen molar-refractivity contribution >= 4 is 23.0 Å². The van der Waals surface area contributed by atoms with Crippen molar-refractivity contribution in [3.63, 3.8) is 0 Å².